The van der Waals surface area contributed by atoms with Crippen molar-refractivity contribution in [3.8, 4) is 5.75 Å². The summed E-state index contributed by atoms with van der Waals surface area (Å²) in [5.41, 5.74) is 2.54. The second kappa shape index (κ2) is 6.83. The van der Waals surface area contributed by atoms with E-state index in [0.29, 0.717) is 5.02 Å². The van der Waals surface area contributed by atoms with Gasteiger partial charge in [-0.2, -0.15) is 11.8 Å². The van der Waals surface area contributed by atoms with Gasteiger partial charge in [0.2, 0.25) is 0 Å². The number of rotatable bonds is 3. The fraction of sp³-hybridized carbons (Fsp3) is 0.333. The molecule has 112 valence electrons. The number of thiophene rings is 1. The first-order valence-electron chi connectivity index (χ1n) is 6.46. The molecule has 6 heteroatoms. The van der Waals surface area contributed by atoms with Gasteiger partial charge >= 0.3 is 0 Å². The van der Waals surface area contributed by atoms with Gasteiger partial charge in [-0.15, -0.1) is 11.3 Å². The van der Waals surface area contributed by atoms with Gasteiger partial charge in [0.25, 0.3) is 0 Å². The van der Waals surface area contributed by atoms with Gasteiger partial charge in [-0.3, -0.25) is 0 Å². The van der Waals surface area contributed by atoms with Gasteiger partial charge in [-0.1, -0.05) is 27.5 Å². The quantitative estimate of drug-likeness (QED) is 0.479. The molecule has 0 aliphatic carbocycles. The van der Waals surface area contributed by atoms with Crippen LogP contribution in [0.3, 0.4) is 0 Å². The van der Waals surface area contributed by atoms with Gasteiger partial charge in [-0.05, 0) is 51.9 Å². The Morgan fingerprint density at radius 1 is 1.33 bits per heavy atom. The zero-order chi connectivity index (χ0) is 15.0. The molecule has 0 saturated heterocycles. The van der Waals surface area contributed by atoms with Gasteiger partial charge in [0, 0.05) is 26.1 Å². The maximum absolute atomic E-state index is 6.21. The lowest BCUT2D eigenvalue weighted by atomic mass is 10.1. The highest BCUT2D eigenvalue weighted by Crippen LogP contribution is 2.45. The molecule has 1 aliphatic rings. The largest absolute Gasteiger partial charge is 0.495 e. The van der Waals surface area contributed by atoms with Crippen molar-refractivity contribution in [1.29, 1.82) is 0 Å². The van der Waals surface area contributed by atoms with Gasteiger partial charge in [0.05, 0.1) is 16.4 Å². The van der Waals surface area contributed by atoms with E-state index in [1.807, 2.05) is 35.2 Å². The fourth-order valence-electron chi connectivity index (χ4n) is 2.43. The van der Waals surface area contributed by atoms with E-state index >= 15 is 0 Å². The molecule has 0 radical (unpaired) electrons. The molecule has 0 bridgehead atoms. The van der Waals surface area contributed by atoms with Crippen LogP contribution in [0.2, 0.25) is 5.02 Å². The lowest BCUT2D eigenvalue weighted by Gasteiger charge is -2.15. The molecule has 3 rings (SSSR count). The predicted molar refractivity (Wildman–Crippen MR) is 101 cm³/mol. The Labute approximate surface area is 154 Å². The molecule has 2 heterocycles. The number of methoxy groups -OCH3 is 1. The van der Waals surface area contributed by atoms with Gasteiger partial charge in [-0.25, -0.2) is 0 Å². The Hall–Kier alpha value is 0.320. The summed E-state index contributed by atoms with van der Waals surface area (Å²) in [7, 11) is 1.69. The molecule has 0 fully saturated rings. The van der Waals surface area contributed by atoms with Crippen LogP contribution in [0.4, 0.5) is 0 Å². The molecule has 21 heavy (non-hydrogen) atoms. The highest BCUT2D eigenvalue weighted by molar-refractivity contribution is 9.10. The van der Waals surface area contributed by atoms with Crippen molar-refractivity contribution in [3.63, 3.8) is 0 Å². The first-order chi connectivity index (χ1) is 10.1. The number of hydrogen-bond donors (Lipinski definition) is 0. The van der Waals surface area contributed by atoms with Gasteiger partial charge in [0.15, 0.2) is 0 Å². The van der Waals surface area contributed by atoms with Crippen LogP contribution in [0.25, 0.3) is 0 Å². The van der Waals surface area contributed by atoms with E-state index in [0.717, 1.165) is 21.5 Å². The molecular formula is C15H13Br2ClOS2. The minimum absolute atomic E-state index is 0.100. The Morgan fingerprint density at radius 2 is 2.14 bits per heavy atom. The van der Waals surface area contributed by atoms with Crippen molar-refractivity contribution in [2.75, 3.05) is 12.9 Å². The standard InChI is InChI=1S/C15H13Br2ClOS2/c1-19-15-10(5-9(18)6-11(15)16)14(17)13-4-8-7-20-3-2-12(8)21-13/h4-6,14H,2-3,7H2,1H3. The highest BCUT2D eigenvalue weighted by atomic mass is 79.9. The van der Waals surface area contributed by atoms with E-state index in [-0.39, 0.29) is 4.83 Å². The number of aryl methyl sites for hydroxylation is 1. The second-order valence-corrected chi connectivity index (χ2v) is 9.25. The van der Waals surface area contributed by atoms with Crippen molar-refractivity contribution in [3.05, 3.63) is 48.6 Å². The number of halogens is 3. The van der Waals surface area contributed by atoms with Crippen molar-refractivity contribution in [2.24, 2.45) is 0 Å². The molecule has 1 aliphatic heterocycles. The molecule has 1 nitrogen and oxygen atoms in total. The van der Waals surface area contributed by atoms with E-state index in [1.54, 1.807) is 7.11 Å². The highest BCUT2D eigenvalue weighted by Gasteiger charge is 2.23. The van der Waals surface area contributed by atoms with Gasteiger partial charge < -0.3 is 4.74 Å². The molecule has 2 aromatic rings. The Kier molecular flexibility index (Phi) is 5.27. The topological polar surface area (TPSA) is 9.23 Å². The van der Waals surface area contributed by atoms with Crippen molar-refractivity contribution in [2.45, 2.75) is 17.0 Å². The Bertz CT molecular complexity index is 648. The summed E-state index contributed by atoms with van der Waals surface area (Å²) in [4.78, 5) is 2.94. The average Bonchev–Trinajstić information content (AvgIpc) is 2.89. The average molecular weight is 469 g/mol. The van der Waals surface area contributed by atoms with E-state index in [9.17, 15) is 0 Å². The predicted octanol–water partition coefficient (Wildman–Crippen LogP) is 6.45. The van der Waals surface area contributed by atoms with Crippen LogP contribution in [0, 0.1) is 0 Å². The summed E-state index contributed by atoms with van der Waals surface area (Å²) in [6.07, 6.45) is 1.18. The van der Waals surface area contributed by atoms with Crippen LogP contribution >= 0.6 is 66.6 Å². The molecule has 0 spiro atoms. The number of hydrogen-bond acceptors (Lipinski definition) is 3. The van der Waals surface area contributed by atoms with Crippen LogP contribution in [0.15, 0.2) is 22.7 Å². The van der Waals surface area contributed by atoms with Gasteiger partial charge in [0.1, 0.15) is 5.75 Å². The van der Waals surface area contributed by atoms with Crippen LogP contribution in [-0.4, -0.2) is 12.9 Å². The lowest BCUT2D eigenvalue weighted by molar-refractivity contribution is 0.408. The molecule has 0 saturated carbocycles. The third-order valence-electron chi connectivity index (χ3n) is 3.41. The van der Waals surface area contributed by atoms with Crippen LogP contribution in [0.1, 0.15) is 25.7 Å². The summed E-state index contributed by atoms with van der Waals surface area (Å²) in [6, 6.07) is 6.15. The number of ether oxygens (including phenoxy) is 1. The summed E-state index contributed by atoms with van der Waals surface area (Å²) in [5.74, 6) is 3.19. The zero-order valence-electron chi connectivity index (χ0n) is 11.3. The minimum Gasteiger partial charge on any atom is -0.495 e. The molecular weight excluding hydrogens is 456 g/mol. The monoisotopic (exact) mass is 466 g/mol. The SMILES string of the molecule is COc1c(Br)cc(Cl)cc1C(Br)c1cc2c(s1)CCSC2. The molecule has 0 amide bonds. The zero-order valence-corrected chi connectivity index (χ0v) is 16.9. The first kappa shape index (κ1) is 16.2. The Balaban J connectivity index is 2.02. The Morgan fingerprint density at radius 3 is 2.86 bits per heavy atom. The number of alkyl halides is 1. The summed E-state index contributed by atoms with van der Waals surface area (Å²) in [6.45, 7) is 0. The number of thioether (sulfide) groups is 1. The smallest absolute Gasteiger partial charge is 0.137 e. The second-order valence-electron chi connectivity index (χ2n) is 4.77. The van der Waals surface area contributed by atoms with Crippen LogP contribution < -0.4 is 4.74 Å². The third-order valence-corrected chi connectivity index (χ3v) is 7.82. The molecule has 1 atom stereocenters. The normalized spacial score (nSPS) is 15.6. The summed E-state index contributed by atoms with van der Waals surface area (Å²) >= 11 is 17.5. The molecule has 1 unspecified atom stereocenters. The van der Waals surface area contributed by atoms with Crippen LogP contribution in [0.5, 0.6) is 5.75 Å². The maximum Gasteiger partial charge on any atom is 0.137 e. The molecule has 1 aromatic heterocycles. The molecule has 0 N–H and O–H groups in total. The van der Waals surface area contributed by atoms with E-state index in [4.69, 9.17) is 16.3 Å². The summed E-state index contributed by atoms with van der Waals surface area (Å²) in [5, 5.41) is 0.707. The van der Waals surface area contributed by atoms with E-state index in [2.05, 4.69) is 37.9 Å². The molecule has 1 aromatic carbocycles. The first-order valence-corrected chi connectivity index (χ1v) is 10.5. The van der Waals surface area contributed by atoms with Crippen molar-refractivity contribution >= 4 is 66.6 Å². The minimum atomic E-state index is 0.100. The van der Waals surface area contributed by atoms with Crippen molar-refractivity contribution in [1.82, 2.24) is 0 Å². The number of benzene rings is 1. The van der Waals surface area contributed by atoms with Crippen LogP contribution in [-0.2, 0) is 12.2 Å². The van der Waals surface area contributed by atoms with E-state index < -0.39 is 0 Å². The lowest BCUT2D eigenvalue weighted by Crippen LogP contribution is -1.97. The summed E-state index contributed by atoms with van der Waals surface area (Å²) < 4.78 is 6.42. The third kappa shape index (κ3) is 3.32. The maximum atomic E-state index is 6.21. The number of fused-ring (bicyclic) bond motifs is 1. The van der Waals surface area contributed by atoms with E-state index in [1.165, 1.54) is 27.5 Å². The van der Waals surface area contributed by atoms with Crippen molar-refractivity contribution < 1.29 is 4.74 Å². The fourth-order valence-corrected chi connectivity index (χ4v) is 6.55.